The van der Waals surface area contributed by atoms with Crippen LogP contribution in [-0.2, 0) is 11.3 Å². The fourth-order valence-electron chi connectivity index (χ4n) is 3.17. The van der Waals surface area contributed by atoms with Gasteiger partial charge in [0.15, 0.2) is 0 Å². The third kappa shape index (κ3) is 5.10. The van der Waals surface area contributed by atoms with Crippen LogP contribution in [0.15, 0.2) is 70.9 Å². The number of aromatic nitrogens is 2. The molecule has 0 saturated heterocycles. The van der Waals surface area contributed by atoms with Gasteiger partial charge in [0.05, 0.1) is 10.6 Å². The average Bonchev–Trinajstić information content (AvgIpc) is 3.55. The summed E-state index contributed by atoms with van der Waals surface area (Å²) in [7, 11) is 1.78. The van der Waals surface area contributed by atoms with Crippen LogP contribution in [0.1, 0.15) is 22.3 Å². The number of carbonyl (C=O) groups excluding carboxylic acids is 2. The van der Waals surface area contributed by atoms with Crippen LogP contribution < -0.4 is 5.32 Å². The highest BCUT2D eigenvalue weighted by atomic mass is 32.1. The van der Waals surface area contributed by atoms with Crippen LogP contribution in [0.2, 0.25) is 0 Å². The monoisotopic (exact) mass is 450 g/mol. The summed E-state index contributed by atoms with van der Waals surface area (Å²) in [5, 5.41) is 13.2. The van der Waals surface area contributed by atoms with E-state index in [-0.39, 0.29) is 18.2 Å². The molecule has 0 saturated carbocycles. The number of nitrogens with one attached hydrogen (secondary N) is 1. The number of amides is 2. The molecule has 8 heteroatoms. The first kappa shape index (κ1) is 21.0. The third-order valence-electron chi connectivity index (χ3n) is 4.81. The largest absolute Gasteiger partial charge is 0.351 e. The predicted molar refractivity (Wildman–Crippen MR) is 125 cm³/mol. The quantitative estimate of drug-likeness (QED) is 0.432. The van der Waals surface area contributed by atoms with Crippen LogP contribution in [-0.4, -0.2) is 40.1 Å². The molecule has 0 fully saturated rings. The molecule has 0 bridgehead atoms. The van der Waals surface area contributed by atoms with Gasteiger partial charge in [0.1, 0.15) is 5.69 Å². The molecule has 3 aromatic heterocycles. The van der Waals surface area contributed by atoms with Gasteiger partial charge in [0, 0.05) is 49.3 Å². The summed E-state index contributed by atoms with van der Waals surface area (Å²) in [6.45, 7) is 0.746. The van der Waals surface area contributed by atoms with Crippen molar-refractivity contribution < 1.29 is 9.59 Å². The number of rotatable bonds is 8. The maximum Gasteiger partial charge on any atom is 0.252 e. The lowest BCUT2D eigenvalue weighted by atomic mass is 10.2. The molecule has 0 aliphatic heterocycles. The minimum absolute atomic E-state index is 0.0322. The van der Waals surface area contributed by atoms with Crippen LogP contribution in [0, 0.1) is 0 Å². The lowest BCUT2D eigenvalue weighted by Gasteiger charge is -2.17. The van der Waals surface area contributed by atoms with Crippen LogP contribution in [0.25, 0.3) is 16.3 Å². The number of para-hydroxylation sites is 1. The Hall–Kier alpha value is -3.23. The first-order valence-corrected chi connectivity index (χ1v) is 11.7. The van der Waals surface area contributed by atoms with E-state index in [2.05, 4.69) is 5.32 Å². The molecule has 4 aromatic rings. The van der Waals surface area contributed by atoms with Crippen molar-refractivity contribution in [1.29, 1.82) is 0 Å². The molecular weight excluding hydrogens is 428 g/mol. The Labute approximate surface area is 188 Å². The van der Waals surface area contributed by atoms with Crippen molar-refractivity contribution in [2.45, 2.75) is 13.0 Å². The van der Waals surface area contributed by atoms with E-state index in [0.717, 1.165) is 21.8 Å². The molecule has 0 aliphatic carbocycles. The summed E-state index contributed by atoms with van der Waals surface area (Å²) in [6.07, 6.45) is 2.22. The molecular formula is C23H22N4O2S2. The molecule has 1 aromatic carbocycles. The Morgan fingerprint density at radius 3 is 2.65 bits per heavy atom. The highest BCUT2D eigenvalue weighted by Gasteiger charge is 2.17. The molecule has 2 amide bonds. The summed E-state index contributed by atoms with van der Waals surface area (Å²) in [6, 6.07) is 15.7. The molecule has 4 rings (SSSR count). The first-order valence-electron chi connectivity index (χ1n) is 9.84. The van der Waals surface area contributed by atoms with Crippen LogP contribution in [0.3, 0.4) is 0 Å². The molecule has 31 heavy (non-hydrogen) atoms. The minimum Gasteiger partial charge on any atom is -0.351 e. The Balaban J connectivity index is 1.43. The molecule has 6 nitrogen and oxygen atoms in total. The number of benzene rings is 1. The number of hydrogen-bond acceptors (Lipinski definition) is 5. The summed E-state index contributed by atoms with van der Waals surface area (Å²) >= 11 is 3.10. The minimum atomic E-state index is -0.152. The van der Waals surface area contributed by atoms with Gasteiger partial charge in [0.2, 0.25) is 5.91 Å². The van der Waals surface area contributed by atoms with E-state index < -0.39 is 0 Å². The van der Waals surface area contributed by atoms with Gasteiger partial charge in [-0.15, -0.1) is 11.3 Å². The van der Waals surface area contributed by atoms with Gasteiger partial charge >= 0.3 is 0 Å². The molecule has 0 atom stereocenters. The molecule has 0 unspecified atom stereocenters. The highest BCUT2D eigenvalue weighted by Crippen LogP contribution is 2.28. The van der Waals surface area contributed by atoms with Gasteiger partial charge < -0.3 is 10.2 Å². The van der Waals surface area contributed by atoms with Gasteiger partial charge in [-0.3, -0.25) is 9.59 Å². The van der Waals surface area contributed by atoms with Crippen molar-refractivity contribution in [2.75, 3.05) is 13.6 Å². The predicted octanol–water partition coefficient (Wildman–Crippen LogP) is 4.44. The number of hydrogen-bond donors (Lipinski definition) is 1. The van der Waals surface area contributed by atoms with Crippen LogP contribution >= 0.6 is 22.7 Å². The van der Waals surface area contributed by atoms with E-state index in [1.54, 1.807) is 34.7 Å². The Morgan fingerprint density at radius 1 is 1.10 bits per heavy atom. The van der Waals surface area contributed by atoms with Crippen LogP contribution in [0.4, 0.5) is 0 Å². The van der Waals surface area contributed by atoms with E-state index >= 15 is 0 Å². The van der Waals surface area contributed by atoms with Gasteiger partial charge in [-0.25, -0.2) is 4.68 Å². The van der Waals surface area contributed by atoms with Crippen molar-refractivity contribution in [3.8, 4) is 16.3 Å². The summed E-state index contributed by atoms with van der Waals surface area (Å²) in [5.41, 5.74) is 3.45. The zero-order valence-electron chi connectivity index (χ0n) is 17.0. The fraction of sp³-hybridized carbons (Fsp3) is 0.174. The lowest BCUT2D eigenvalue weighted by molar-refractivity contribution is -0.130. The van der Waals surface area contributed by atoms with Crippen molar-refractivity contribution in [2.24, 2.45) is 0 Å². The van der Waals surface area contributed by atoms with Crippen LogP contribution in [0.5, 0.6) is 0 Å². The SMILES string of the molecule is CN(Cc1cn(-c2ccccc2)nc1-c1cccs1)C(=O)CCNC(=O)c1ccsc1. The van der Waals surface area contributed by atoms with Crippen molar-refractivity contribution in [1.82, 2.24) is 20.0 Å². The standard InChI is InChI=1S/C23H22N4O2S2/c1-26(21(28)9-11-24-23(29)17-10-13-30-16-17)14-18-15-27(19-6-3-2-4-7-19)25-22(18)20-8-5-12-31-20/h2-8,10,12-13,15-16H,9,11,14H2,1H3,(H,24,29). The second kappa shape index (κ2) is 9.72. The van der Waals surface area contributed by atoms with E-state index in [9.17, 15) is 9.59 Å². The van der Waals surface area contributed by atoms with Gasteiger partial charge in [-0.05, 0) is 35.0 Å². The summed E-state index contributed by atoms with van der Waals surface area (Å²) < 4.78 is 1.85. The maximum atomic E-state index is 12.6. The third-order valence-corrected chi connectivity index (χ3v) is 6.37. The molecule has 1 N–H and O–H groups in total. The zero-order valence-corrected chi connectivity index (χ0v) is 18.7. The van der Waals surface area contributed by atoms with Crippen molar-refractivity contribution in [3.63, 3.8) is 0 Å². The molecule has 3 heterocycles. The van der Waals surface area contributed by atoms with Gasteiger partial charge in [0.25, 0.3) is 5.91 Å². The fourth-order valence-corrected chi connectivity index (χ4v) is 4.55. The molecule has 0 spiro atoms. The second-order valence-corrected chi connectivity index (χ2v) is 8.76. The maximum absolute atomic E-state index is 12.6. The number of thiophene rings is 2. The van der Waals surface area contributed by atoms with Gasteiger partial charge in [-0.2, -0.15) is 16.4 Å². The van der Waals surface area contributed by atoms with E-state index in [1.807, 2.05) is 64.1 Å². The van der Waals surface area contributed by atoms with E-state index in [1.165, 1.54) is 11.3 Å². The Morgan fingerprint density at radius 2 is 1.94 bits per heavy atom. The van der Waals surface area contributed by atoms with Gasteiger partial charge in [-0.1, -0.05) is 24.3 Å². The summed E-state index contributed by atoms with van der Waals surface area (Å²) in [5.74, 6) is -0.184. The topological polar surface area (TPSA) is 67.2 Å². The smallest absolute Gasteiger partial charge is 0.252 e. The number of nitrogens with zero attached hydrogens (tertiary/aromatic N) is 3. The lowest BCUT2D eigenvalue weighted by Crippen LogP contribution is -2.31. The second-order valence-electron chi connectivity index (χ2n) is 7.03. The molecule has 158 valence electrons. The molecule has 0 radical (unpaired) electrons. The van der Waals surface area contributed by atoms with E-state index in [4.69, 9.17) is 5.10 Å². The first-order chi connectivity index (χ1) is 15.1. The van der Waals surface area contributed by atoms with E-state index in [0.29, 0.717) is 18.7 Å². The number of carbonyl (C=O) groups is 2. The van der Waals surface area contributed by atoms with Crippen molar-refractivity contribution in [3.05, 3.63) is 82.0 Å². The summed E-state index contributed by atoms with van der Waals surface area (Å²) in [4.78, 5) is 27.4. The Bertz CT molecular complexity index is 1140. The average molecular weight is 451 g/mol. The highest BCUT2D eigenvalue weighted by molar-refractivity contribution is 7.13. The Kier molecular flexibility index (Phi) is 6.59. The molecule has 0 aliphatic rings. The normalized spacial score (nSPS) is 10.7. The zero-order chi connectivity index (χ0) is 21.6. The van der Waals surface area contributed by atoms with Crippen molar-refractivity contribution >= 4 is 34.5 Å².